The van der Waals surface area contributed by atoms with Crippen LogP contribution in [0.25, 0.3) is 0 Å². The zero-order valence-corrected chi connectivity index (χ0v) is 20.9. The number of piperidine rings is 2. The summed E-state index contributed by atoms with van der Waals surface area (Å²) < 4.78 is 6.29. The molecule has 2 saturated heterocycles. The minimum Gasteiger partial charge on any atom is -0.481 e. The molecule has 3 aliphatic heterocycles. The molecule has 188 valence electrons. The number of carbonyl (C=O) groups is 1. The lowest BCUT2D eigenvalue weighted by Gasteiger charge is -2.39. The first kappa shape index (κ1) is 24.4. The van der Waals surface area contributed by atoms with Crippen LogP contribution in [0.3, 0.4) is 0 Å². The van der Waals surface area contributed by atoms with Crippen molar-refractivity contribution in [3.8, 4) is 0 Å². The molecule has 0 bridgehead atoms. The largest absolute Gasteiger partial charge is 0.481 e. The highest BCUT2D eigenvalue weighted by Gasteiger charge is 2.38. The summed E-state index contributed by atoms with van der Waals surface area (Å²) in [6.07, 6.45) is 4.77. The van der Waals surface area contributed by atoms with Gasteiger partial charge in [-0.25, -0.2) is 4.98 Å². The Bertz CT molecular complexity index is 1150. The van der Waals surface area contributed by atoms with Crippen molar-refractivity contribution < 1.29 is 14.6 Å². The number of anilines is 2. The molecule has 0 aliphatic carbocycles. The highest BCUT2D eigenvalue weighted by Crippen LogP contribution is 2.36. The van der Waals surface area contributed by atoms with Gasteiger partial charge in [-0.1, -0.05) is 17.6 Å². The van der Waals surface area contributed by atoms with E-state index >= 15 is 0 Å². The average Bonchev–Trinajstić information content (AvgIpc) is 3.39. The Hall–Kier alpha value is -3.27. The molecule has 4 heterocycles. The van der Waals surface area contributed by atoms with Crippen LogP contribution in [0.1, 0.15) is 50.0 Å². The van der Waals surface area contributed by atoms with Crippen LogP contribution in [0.15, 0.2) is 41.6 Å². The Kier molecular flexibility index (Phi) is 6.79. The van der Waals surface area contributed by atoms with E-state index in [2.05, 4.69) is 30.6 Å². The van der Waals surface area contributed by atoms with E-state index in [1.165, 1.54) is 6.42 Å². The molecule has 10 heteroatoms. The van der Waals surface area contributed by atoms with Gasteiger partial charge >= 0.3 is 5.97 Å². The minimum atomic E-state index is -0.739. The second kappa shape index (κ2) is 10.0. The number of nitrogens with one attached hydrogen (secondary N) is 2. The molecule has 36 heavy (non-hydrogen) atoms. The Morgan fingerprint density at radius 1 is 1.22 bits per heavy atom. The third-order valence-electron chi connectivity index (χ3n) is 7.72. The van der Waals surface area contributed by atoms with Crippen LogP contribution in [-0.2, 0) is 9.53 Å². The fourth-order valence-electron chi connectivity index (χ4n) is 5.20. The SMILES string of the molecule is [B]c1ccc(C2NN=C(c3ccnc(N4CCCC(NC)C4)c3)O2)c(N2CCC(C)(C(=O)O)CC2)c1. The maximum Gasteiger partial charge on any atom is 0.309 e. The van der Waals surface area contributed by atoms with E-state index in [4.69, 9.17) is 12.6 Å². The highest BCUT2D eigenvalue weighted by atomic mass is 16.5. The molecule has 5 rings (SSSR count). The van der Waals surface area contributed by atoms with Crippen molar-refractivity contribution >= 4 is 36.7 Å². The zero-order valence-electron chi connectivity index (χ0n) is 20.9. The van der Waals surface area contributed by atoms with Crippen molar-refractivity contribution in [2.75, 3.05) is 43.0 Å². The number of carboxylic acids is 1. The molecule has 1 aromatic carbocycles. The number of hydrogen-bond donors (Lipinski definition) is 3. The van der Waals surface area contributed by atoms with Crippen molar-refractivity contribution in [1.29, 1.82) is 0 Å². The number of likely N-dealkylation sites (N-methyl/N-ethyl adjacent to an activating group) is 1. The summed E-state index contributed by atoms with van der Waals surface area (Å²) in [5.41, 5.74) is 5.82. The predicted molar refractivity (Wildman–Crippen MR) is 141 cm³/mol. The Morgan fingerprint density at radius 3 is 2.78 bits per heavy atom. The summed E-state index contributed by atoms with van der Waals surface area (Å²) >= 11 is 0. The van der Waals surface area contributed by atoms with Gasteiger partial charge in [-0.05, 0) is 57.9 Å². The second-order valence-corrected chi connectivity index (χ2v) is 10.2. The van der Waals surface area contributed by atoms with Crippen LogP contribution in [-0.4, -0.2) is 69.1 Å². The van der Waals surface area contributed by atoms with E-state index in [9.17, 15) is 9.90 Å². The molecule has 0 saturated carbocycles. The smallest absolute Gasteiger partial charge is 0.309 e. The van der Waals surface area contributed by atoms with E-state index in [-0.39, 0.29) is 0 Å². The molecule has 2 aromatic rings. The lowest BCUT2D eigenvalue weighted by molar-refractivity contribution is -0.149. The van der Waals surface area contributed by atoms with Crippen LogP contribution < -0.4 is 26.0 Å². The van der Waals surface area contributed by atoms with Crippen molar-refractivity contribution in [3.05, 3.63) is 47.7 Å². The van der Waals surface area contributed by atoms with Crippen molar-refractivity contribution in [1.82, 2.24) is 15.7 Å². The number of pyridine rings is 1. The normalized spacial score (nSPS) is 23.6. The van der Waals surface area contributed by atoms with Gasteiger partial charge in [0, 0.05) is 55.2 Å². The van der Waals surface area contributed by atoms with E-state index < -0.39 is 17.6 Å². The molecular formula is C26H33BN6O3. The molecule has 3 N–H and O–H groups in total. The summed E-state index contributed by atoms with van der Waals surface area (Å²) in [6, 6.07) is 10.1. The number of hydrazone groups is 1. The molecule has 2 atom stereocenters. The summed E-state index contributed by atoms with van der Waals surface area (Å²) in [5.74, 6) is 0.701. The first-order valence-electron chi connectivity index (χ1n) is 12.6. The van der Waals surface area contributed by atoms with Gasteiger partial charge in [0.1, 0.15) is 13.7 Å². The Labute approximate surface area is 213 Å². The molecule has 9 nitrogen and oxygen atoms in total. The average molecular weight is 488 g/mol. The van der Waals surface area contributed by atoms with E-state index in [1.54, 1.807) is 6.20 Å². The fraction of sp³-hybridized carbons (Fsp3) is 0.500. The van der Waals surface area contributed by atoms with Gasteiger partial charge < -0.3 is 25.0 Å². The maximum absolute atomic E-state index is 11.7. The standard InChI is InChI=1S/C26H33BN6O3/c1-26(25(34)35)8-12-32(13-9-26)21-15-18(27)5-6-20(21)24-31-30-23(36-24)17-7-10-29-22(14-17)33-11-3-4-19(16-33)28-2/h5-7,10,14-15,19,24,28,31H,3-4,8-9,11-13,16H2,1-2H3,(H,34,35). The quantitative estimate of drug-likeness (QED) is 0.529. The number of ether oxygens (including phenoxy) is 1. The number of nitrogens with zero attached hydrogens (tertiary/aromatic N) is 4. The van der Waals surface area contributed by atoms with Gasteiger partial charge in [0.15, 0.2) is 0 Å². The topological polar surface area (TPSA) is 102 Å². The fourth-order valence-corrected chi connectivity index (χ4v) is 5.20. The first-order chi connectivity index (χ1) is 17.4. The summed E-state index contributed by atoms with van der Waals surface area (Å²) in [4.78, 5) is 20.8. The van der Waals surface area contributed by atoms with Gasteiger partial charge in [0.2, 0.25) is 12.1 Å². The number of aromatic nitrogens is 1. The summed E-state index contributed by atoms with van der Waals surface area (Å²) in [5, 5.41) is 17.5. The number of carboxylic acid groups (broad SMARTS) is 1. The molecule has 1 aromatic heterocycles. The lowest BCUT2D eigenvalue weighted by Crippen LogP contribution is -2.44. The molecule has 0 spiro atoms. The maximum atomic E-state index is 11.7. The molecular weight excluding hydrogens is 455 g/mol. The molecule has 3 aliphatic rings. The van der Waals surface area contributed by atoms with Gasteiger partial charge in [-0.2, -0.15) is 0 Å². The van der Waals surface area contributed by atoms with E-state index in [1.807, 2.05) is 44.3 Å². The van der Waals surface area contributed by atoms with Crippen LogP contribution in [0, 0.1) is 5.41 Å². The molecule has 2 radical (unpaired) electrons. The van der Waals surface area contributed by atoms with Gasteiger partial charge in [0.25, 0.3) is 0 Å². The zero-order chi connectivity index (χ0) is 25.3. The third kappa shape index (κ3) is 4.87. The van der Waals surface area contributed by atoms with Crippen LogP contribution >= 0.6 is 0 Å². The van der Waals surface area contributed by atoms with Crippen LogP contribution in [0.5, 0.6) is 0 Å². The number of rotatable bonds is 6. The first-order valence-corrected chi connectivity index (χ1v) is 12.6. The lowest BCUT2D eigenvalue weighted by atomic mass is 9.80. The molecule has 0 amide bonds. The van der Waals surface area contributed by atoms with Gasteiger partial charge in [-0.3, -0.25) is 10.2 Å². The van der Waals surface area contributed by atoms with Gasteiger partial charge in [0.05, 0.1) is 5.41 Å². The van der Waals surface area contributed by atoms with Crippen molar-refractivity contribution in [3.63, 3.8) is 0 Å². The van der Waals surface area contributed by atoms with Crippen LogP contribution in [0.2, 0.25) is 0 Å². The minimum absolute atomic E-state index is 0.461. The molecule has 2 fully saturated rings. The van der Waals surface area contributed by atoms with Crippen molar-refractivity contribution in [2.45, 2.75) is 44.9 Å². The molecule has 2 unspecified atom stereocenters. The van der Waals surface area contributed by atoms with Gasteiger partial charge in [-0.15, -0.1) is 5.10 Å². The van der Waals surface area contributed by atoms with E-state index in [0.29, 0.717) is 43.3 Å². The second-order valence-electron chi connectivity index (χ2n) is 10.2. The summed E-state index contributed by atoms with van der Waals surface area (Å²) in [7, 11) is 8.14. The van der Waals surface area contributed by atoms with E-state index in [0.717, 1.165) is 42.1 Å². The predicted octanol–water partition coefficient (Wildman–Crippen LogP) is 1.73. The highest BCUT2D eigenvalue weighted by molar-refractivity contribution is 6.32. The van der Waals surface area contributed by atoms with Crippen LogP contribution in [0.4, 0.5) is 11.5 Å². The Balaban J connectivity index is 1.31. The number of hydrogen-bond acceptors (Lipinski definition) is 8. The third-order valence-corrected chi connectivity index (χ3v) is 7.72. The number of benzene rings is 1. The summed E-state index contributed by atoms with van der Waals surface area (Å²) in [6.45, 7) is 5.00. The van der Waals surface area contributed by atoms with Crippen molar-refractivity contribution in [2.24, 2.45) is 10.5 Å². The number of aliphatic carboxylic acids is 1. The monoisotopic (exact) mass is 488 g/mol. The Morgan fingerprint density at radius 2 is 2.03 bits per heavy atom.